The van der Waals surface area contributed by atoms with E-state index in [0.717, 1.165) is 26.2 Å². The number of rotatable bonds is 6. The zero-order valence-electron chi connectivity index (χ0n) is 14.0. The predicted molar refractivity (Wildman–Crippen MR) is 87.8 cm³/mol. The van der Waals surface area contributed by atoms with Crippen molar-refractivity contribution in [3.05, 3.63) is 34.9 Å². The normalized spacial score (nSPS) is 19.1. The summed E-state index contributed by atoms with van der Waals surface area (Å²) in [6.45, 7) is 10.8. The van der Waals surface area contributed by atoms with Crippen molar-refractivity contribution in [2.24, 2.45) is 0 Å². The van der Waals surface area contributed by atoms with Gasteiger partial charge in [0.1, 0.15) is 0 Å². The molecule has 1 fully saturated rings. The van der Waals surface area contributed by atoms with Crippen LogP contribution in [0.1, 0.15) is 54.6 Å². The van der Waals surface area contributed by atoms with E-state index in [1.807, 2.05) is 6.20 Å². The lowest BCUT2D eigenvalue weighted by molar-refractivity contribution is 0.325. The van der Waals surface area contributed by atoms with Crippen LogP contribution in [0.25, 0.3) is 0 Å². The number of aromatic amines is 1. The van der Waals surface area contributed by atoms with Crippen molar-refractivity contribution in [1.82, 2.24) is 24.9 Å². The molecule has 2 aromatic rings. The lowest BCUT2D eigenvalue weighted by atomic mass is 10.0. The monoisotopic (exact) mass is 301 g/mol. The minimum absolute atomic E-state index is 0.595. The maximum atomic E-state index is 4.65. The quantitative estimate of drug-likeness (QED) is 0.892. The smallest absolute Gasteiger partial charge is 0.0638 e. The Labute approximate surface area is 132 Å². The molecule has 5 heteroatoms. The summed E-state index contributed by atoms with van der Waals surface area (Å²) in [5.74, 6) is 0.595. The van der Waals surface area contributed by atoms with Gasteiger partial charge in [0.2, 0.25) is 0 Å². The topological polar surface area (TPSA) is 49.7 Å². The van der Waals surface area contributed by atoms with E-state index in [4.69, 9.17) is 0 Å². The molecule has 0 aliphatic carbocycles. The first-order valence-electron chi connectivity index (χ1n) is 8.42. The first kappa shape index (κ1) is 15.3. The highest BCUT2D eigenvalue weighted by Crippen LogP contribution is 2.28. The van der Waals surface area contributed by atoms with Gasteiger partial charge in [0, 0.05) is 43.0 Å². The molecule has 0 spiro atoms. The molecule has 0 saturated carbocycles. The second kappa shape index (κ2) is 6.65. The highest BCUT2D eigenvalue weighted by Gasteiger charge is 2.26. The fourth-order valence-electron chi connectivity index (χ4n) is 3.37. The summed E-state index contributed by atoms with van der Waals surface area (Å²) in [6, 6.07) is 0. The van der Waals surface area contributed by atoms with E-state index in [0.29, 0.717) is 5.92 Å². The largest absolute Gasteiger partial charge is 0.298 e. The van der Waals surface area contributed by atoms with Gasteiger partial charge in [-0.2, -0.15) is 10.2 Å². The van der Waals surface area contributed by atoms with E-state index >= 15 is 0 Å². The molecule has 0 bridgehead atoms. The average molecular weight is 301 g/mol. The maximum absolute atomic E-state index is 4.65. The van der Waals surface area contributed by atoms with Crippen LogP contribution in [0.2, 0.25) is 0 Å². The molecule has 1 saturated heterocycles. The van der Waals surface area contributed by atoms with Crippen LogP contribution in [0, 0.1) is 13.8 Å². The summed E-state index contributed by atoms with van der Waals surface area (Å²) in [4.78, 5) is 2.54. The summed E-state index contributed by atoms with van der Waals surface area (Å²) >= 11 is 0. The van der Waals surface area contributed by atoms with Gasteiger partial charge in [-0.3, -0.25) is 14.7 Å². The van der Waals surface area contributed by atoms with Crippen LogP contribution < -0.4 is 0 Å². The van der Waals surface area contributed by atoms with Crippen molar-refractivity contribution in [2.75, 3.05) is 13.1 Å². The van der Waals surface area contributed by atoms with Crippen LogP contribution in [-0.2, 0) is 13.1 Å². The molecule has 5 nitrogen and oxygen atoms in total. The van der Waals surface area contributed by atoms with Crippen molar-refractivity contribution in [3.63, 3.8) is 0 Å². The third-order valence-corrected chi connectivity index (χ3v) is 4.73. The molecule has 0 aromatic carbocycles. The summed E-state index contributed by atoms with van der Waals surface area (Å²) < 4.78 is 2.11. The average Bonchev–Trinajstić information content (AvgIpc) is 3.19. The second-order valence-corrected chi connectivity index (χ2v) is 6.54. The molecule has 0 radical (unpaired) electrons. The van der Waals surface area contributed by atoms with Crippen molar-refractivity contribution in [3.8, 4) is 0 Å². The molecule has 1 aliphatic rings. The van der Waals surface area contributed by atoms with E-state index in [2.05, 4.69) is 51.8 Å². The Hall–Kier alpha value is -1.62. The van der Waals surface area contributed by atoms with Crippen LogP contribution >= 0.6 is 0 Å². The Balaban J connectivity index is 1.60. The van der Waals surface area contributed by atoms with Crippen LogP contribution in [0.5, 0.6) is 0 Å². The number of likely N-dealkylation sites (tertiary alicyclic amines) is 1. The number of hydrogen-bond acceptors (Lipinski definition) is 3. The number of nitrogens with one attached hydrogen (secondary N) is 1. The number of H-pyrrole nitrogens is 1. The molecule has 2 aromatic heterocycles. The van der Waals surface area contributed by atoms with Gasteiger partial charge >= 0.3 is 0 Å². The fraction of sp³-hybridized carbons (Fsp3) is 0.647. The number of hydrogen-bond donors (Lipinski definition) is 1. The molecule has 1 atom stereocenters. The van der Waals surface area contributed by atoms with Crippen LogP contribution in [0.3, 0.4) is 0 Å². The van der Waals surface area contributed by atoms with Gasteiger partial charge in [-0.15, -0.1) is 0 Å². The molecular weight excluding hydrogens is 274 g/mol. The molecule has 22 heavy (non-hydrogen) atoms. The van der Waals surface area contributed by atoms with Gasteiger partial charge < -0.3 is 0 Å². The number of aromatic nitrogens is 4. The summed E-state index contributed by atoms with van der Waals surface area (Å²) in [7, 11) is 0. The molecule has 120 valence electrons. The van der Waals surface area contributed by atoms with E-state index in [-0.39, 0.29) is 0 Å². The number of unbranched alkanes of at least 4 members (excludes halogenated alkanes) is 1. The van der Waals surface area contributed by atoms with Gasteiger partial charge in [0.25, 0.3) is 0 Å². The number of aryl methyl sites for hydroxylation is 3. The van der Waals surface area contributed by atoms with Crippen LogP contribution in [0.4, 0.5) is 0 Å². The van der Waals surface area contributed by atoms with Gasteiger partial charge in [-0.25, -0.2) is 0 Å². The highest BCUT2D eigenvalue weighted by molar-refractivity contribution is 5.21. The Bertz CT molecular complexity index is 612. The van der Waals surface area contributed by atoms with Crippen molar-refractivity contribution < 1.29 is 0 Å². The van der Waals surface area contributed by atoms with Gasteiger partial charge in [-0.05, 0) is 38.8 Å². The first-order valence-corrected chi connectivity index (χ1v) is 8.42. The summed E-state index contributed by atoms with van der Waals surface area (Å²) in [6.07, 6.45) is 7.79. The third kappa shape index (κ3) is 3.24. The lowest BCUT2D eigenvalue weighted by Gasteiger charge is -2.15. The molecular formula is C17H27N5. The Kier molecular flexibility index (Phi) is 4.62. The van der Waals surface area contributed by atoms with E-state index in [1.165, 1.54) is 41.8 Å². The predicted octanol–water partition coefficient (Wildman–Crippen LogP) is 3.01. The molecule has 1 N–H and O–H groups in total. The standard InChI is InChI=1S/C17H27N5/c1-4-5-7-22-12-16(14(3)20-22)11-21-8-6-15(10-21)17-13(2)9-18-19-17/h9,12,15H,4-8,10-11H2,1-3H3,(H,18,19)/t15-/m0/s1. The SMILES string of the molecule is CCCCn1cc(CN2CC[C@H](c3[nH]ncc3C)C2)c(C)n1. The Morgan fingerprint density at radius 1 is 1.36 bits per heavy atom. The molecule has 1 aliphatic heterocycles. The Morgan fingerprint density at radius 3 is 2.95 bits per heavy atom. The van der Waals surface area contributed by atoms with E-state index in [1.54, 1.807) is 0 Å². The van der Waals surface area contributed by atoms with Gasteiger partial charge in [-0.1, -0.05) is 13.3 Å². The number of nitrogens with zero attached hydrogens (tertiary/aromatic N) is 4. The maximum Gasteiger partial charge on any atom is 0.0638 e. The molecule has 0 unspecified atom stereocenters. The zero-order valence-corrected chi connectivity index (χ0v) is 14.0. The molecule has 3 heterocycles. The first-order chi connectivity index (χ1) is 10.7. The lowest BCUT2D eigenvalue weighted by Crippen LogP contribution is -2.20. The summed E-state index contributed by atoms with van der Waals surface area (Å²) in [5, 5.41) is 12.0. The van der Waals surface area contributed by atoms with E-state index < -0.39 is 0 Å². The minimum Gasteiger partial charge on any atom is -0.298 e. The third-order valence-electron chi connectivity index (χ3n) is 4.73. The van der Waals surface area contributed by atoms with Crippen molar-refractivity contribution >= 4 is 0 Å². The van der Waals surface area contributed by atoms with Crippen LogP contribution in [-0.4, -0.2) is 38.0 Å². The van der Waals surface area contributed by atoms with E-state index in [9.17, 15) is 0 Å². The van der Waals surface area contributed by atoms with Crippen molar-refractivity contribution in [1.29, 1.82) is 0 Å². The van der Waals surface area contributed by atoms with Gasteiger partial charge in [0.05, 0.1) is 11.9 Å². The van der Waals surface area contributed by atoms with Gasteiger partial charge in [0.15, 0.2) is 0 Å². The molecule has 3 rings (SSSR count). The highest BCUT2D eigenvalue weighted by atomic mass is 15.3. The zero-order chi connectivity index (χ0) is 15.5. The molecule has 0 amide bonds. The Morgan fingerprint density at radius 2 is 2.23 bits per heavy atom. The fourth-order valence-corrected chi connectivity index (χ4v) is 3.37. The summed E-state index contributed by atoms with van der Waals surface area (Å²) in [5.41, 5.74) is 5.16. The minimum atomic E-state index is 0.595. The second-order valence-electron chi connectivity index (χ2n) is 6.54. The van der Waals surface area contributed by atoms with Crippen LogP contribution in [0.15, 0.2) is 12.4 Å². The van der Waals surface area contributed by atoms with Crippen molar-refractivity contribution in [2.45, 2.75) is 59.0 Å².